The van der Waals surface area contributed by atoms with Crippen molar-refractivity contribution < 1.29 is 9.90 Å². The molecule has 0 spiro atoms. The second-order valence-electron chi connectivity index (χ2n) is 4.02. The van der Waals surface area contributed by atoms with Crippen molar-refractivity contribution in [1.82, 2.24) is 4.90 Å². The molecule has 16 heavy (non-hydrogen) atoms. The minimum Gasteiger partial charge on any atom is -0.395 e. The summed E-state index contributed by atoms with van der Waals surface area (Å²) in [6.45, 7) is 5.62. The van der Waals surface area contributed by atoms with Gasteiger partial charge < -0.3 is 10.0 Å². The Morgan fingerprint density at radius 2 is 1.88 bits per heavy atom. The lowest BCUT2D eigenvalue weighted by atomic mass is 10.1. The predicted molar refractivity (Wildman–Crippen MR) is 69.6 cm³/mol. The van der Waals surface area contributed by atoms with Crippen molar-refractivity contribution in [3.05, 3.63) is 12.7 Å². The molecule has 0 fully saturated rings. The monoisotopic (exact) mass is 229 g/mol. The number of aldehydes is 1. The molecule has 0 radical (unpaired) electrons. The molecule has 0 aliphatic carbocycles. The van der Waals surface area contributed by atoms with E-state index in [2.05, 4.69) is 18.4 Å². The fourth-order valence-corrected chi connectivity index (χ4v) is 1.32. The molecule has 0 saturated carbocycles. The number of hydrogen-bond acceptors (Lipinski definition) is 3. The van der Waals surface area contributed by atoms with Crippen LogP contribution in [0.1, 0.15) is 39.0 Å². The minimum atomic E-state index is 0.291. The average Bonchev–Trinajstić information content (AvgIpc) is 2.29. The van der Waals surface area contributed by atoms with E-state index in [-0.39, 0.29) is 0 Å². The van der Waals surface area contributed by atoms with Gasteiger partial charge in [0.25, 0.3) is 0 Å². The number of hydrogen-bond donors (Lipinski definition) is 1. The molecule has 0 bridgehead atoms. The maximum atomic E-state index is 9.06. The molecule has 0 amide bonds. The van der Waals surface area contributed by atoms with Crippen molar-refractivity contribution in [1.29, 1.82) is 0 Å². The maximum absolute atomic E-state index is 9.06. The van der Waals surface area contributed by atoms with Gasteiger partial charge in [-0.3, -0.25) is 4.79 Å². The molecule has 1 N–H and O–H groups in total. The molecule has 0 aromatic carbocycles. The predicted octanol–water partition coefficient (Wildman–Crippen LogP) is 2.25. The van der Waals surface area contributed by atoms with Crippen molar-refractivity contribution in [3.63, 3.8) is 0 Å². The van der Waals surface area contributed by atoms with E-state index in [0.29, 0.717) is 18.9 Å². The third-order valence-corrected chi connectivity index (χ3v) is 2.43. The molecule has 0 aliphatic rings. The fraction of sp³-hybridized carbons (Fsp3) is 0.769. The molecule has 0 aliphatic heterocycles. The van der Waals surface area contributed by atoms with Gasteiger partial charge in [-0.25, -0.2) is 0 Å². The normalized spacial score (nSPS) is 11.6. The number of carbonyl (C=O) groups is 1. The van der Waals surface area contributed by atoms with Crippen LogP contribution in [0.25, 0.3) is 0 Å². The van der Waals surface area contributed by atoms with Gasteiger partial charge in [0.05, 0.1) is 6.61 Å². The Bertz CT molecular complexity index is 152. The minimum absolute atomic E-state index is 0.291. The van der Waals surface area contributed by atoms with Crippen LogP contribution in [0.5, 0.6) is 0 Å². The highest BCUT2D eigenvalue weighted by Crippen LogP contribution is 2.07. The van der Waals surface area contributed by atoms with Crippen LogP contribution >= 0.6 is 0 Å². The SMILES string of the molecule is C=CC=O.CCCCCCC(CO)N(C)C. The molecule has 3 nitrogen and oxygen atoms in total. The summed E-state index contributed by atoms with van der Waals surface area (Å²) < 4.78 is 0. The van der Waals surface area contributed by atoms with E-state index in [1.807, 2.05) is 14.1 Å². The largest absolute Gasteiger partial charge is 0.395 e. The van der Waals surface area contributed by atoms with Crippen LogP contribution in [0, 0.1) is 0 Å². The first-order chi connectivity index (χ1) is 7.63. The van der Waals surface area contributed by atoms with Gasteiger partial charge in [0.2, 0.25) is 0 Å². The van der Waals surface area contributed by atoms with Gasteiger partial charge in [-0.2, -0.15) is 0 Å². The highest BCUT2D eigenvalue weighted by atomic mass is 16.3. The van der Waals surface area contributed by atoms with E-state index in [1.165, 1.54) is 31.8 Å². The number of likely N-dealkylation sites (N-methyl/N-ethyl adjacent to an activating group) is 1. The zero-order valence-corrected chi connectivity index (χ0v) is 11.0. The summed E-state index contributed by atoms with van der Waals surface area (Å²) in [5.41, 5.74) is 0. The van der Waals surface area contributed by atoms with Gasteiger partial charge in [-0.1, -0.05) is 39.2 Å². The molecule has 0 rings (SSSR count). The number of allylic oxidation sites excluding steroid dienone is 1. The molecular weight excluding hydrogens is 202 g/mol. The highest BCUT2D eigenvalue weighted by Gasteiger charge is 2.08. The third kappa shape index (κ3) is 13.3. The van der Waals surface area contributed by atoms with Crippen molar-refractivity contribution in [2.45, 2.75) is 45.1 Å². The number of aliphatic hydroxyl groups excluding tert-OH is 1. The van der Waals surface area contributed by atoms with Gasteiger partial charge in [-0.15, -0.1) is 0 Å². The Hall–Kier alpha value is -0.670. The first kappa shape index (κ1) is 17.7. The second-order valence-corrected chi connectivity index (χ2v) is 4.02. The van der Waals surface area contributed by atoms with Crippen LogP contribution in [0.15, 0.2) is 12.7 Å². The third-order valence-electron chi connectivity index (χ3n) is 2.43. The quantitative estimate of drug-likeness (QED) is 0.394. The van der Waals surface area contributed by atoms with E-state index in [1.54, 1.807) is 0 Å². The Labute approximate surface area is 100 Å². The zero-order chi connectivity index (χ0) is 12.8. The van der Waals surface area contributed by atoms with Crippen molar-refractivity contribution >= 4 is 6.29 Å². The molecule has 0 heterocycles. The van der Waals surface area contributed by atoms with E-state index in [9.17, 15) is 0 Å². The summed E-state index contributed by atoms with van der Waals surface area (Å²) in [5.74, 6) is 0. The van der Waals surface area contributed by atoms with Gasteiger partial charge >= 0.3 is 0 Å². The zero-order valence-electron chi connectivity index (χ0n) is 11.0. The summed E-state index contributed by atoms with van der Waals surface area (Å²) in [7, 11) is 4.06. The summed E-state index contributed by atoms with van der Waals surface area (Å²) in [5, 5.41) is 9.01. The summed E-state index contributed by atoms with van der Waals surface area (Å²) in [4.78, 5) is 11.2. The molecule has 96 valence electrons. The Morgan fingerprint density at radius 3 is 2.19 bits per heavy atom. The van der Waals surface area contributed by atoms with Gasteiger partial charge in [0.1, 0.15) is 6.29 Å². The molecule has 0 aromatic rings. The Balaban J connectivity index is 0. The van der Waals surface area contributed by atoms with Crippen molar-refractivity contribution in [2.24, 2.45) is 0 Å². The molecule has 1 atom stereocenters. The number of unbranched alkanes of at least 4 members (excludes halogenated alkanes) is 3. The highest BCUT2D eigenvalue weighted by molar-refractivity contribution is 5.63. The number of aliphatic hydroxyl groups is 1. The van der Waals surface area contributed by atoms with Crippen LogP contribution < -0.4 is 0 Å². The molecule has 0 aromatic heterocycles. The fourth-order valence-electron chi connectivity index (χ4n) is 1.32. The van der Waals surface area contributed by atoms with Crippen LogP contribution in [0.4, 0.5) is 0 Å². The first-order valence-electron chi connectivity index (χ1n) is 5.97. The van der Waals surface area contributed by atoms with Crippen LogP contribution in [0.2, 0.25) is 0 Å². The van der Waals surface area contributed by atoms with Crippen LogP contribution in [0.3, 0.4) is 0 Å². The topological polar surface area (TPSA) is 40.5 Å². The van der Waals surface area contributed by atoms with E-state index >= 15 is 0 Å². The molecule has 3 heteroatoms. The lowest BCUT2D eigenvalue weighted by Gasteiger charge is -2.21. The van der Waals surface area contributed by atoms with Gasteiger partial charge in [0.15, 0.2) is 0 Å². The van der Waals surface area contributed by atoms with Gasteiger partial charge in [0, 0.05) is 6.04 Å². The van der Waals surface area contributed by atoms with Gasteiger partial charge in [-0.05, 0) is 26.6 Å². The summed E-state index contributed by atoms with van der Waals surface area (Å²) >= 11 is 0. The van der Waals surface area contributed by atoms with E-state index in [0.717, 1.165) is 6.42 Å². The smallest absolute Gasteiger partial charge is 0.142 e. The Kier molecular flexibility index (Phi) is 15.9. The standard InChI is InChI=1S/C10H23NO.C3H4O/c1-4-5-6-7-8-10(9-12)11(2)3;1-2-3-4/h10,12H,4-9H2,1-3H3;2-3H,1H2. The number of rotatable bonds is 8. The average molecular weight is 229 g/mol. The van der Waals surface area contributed by atoms with E-state index < -0.39 is 0 Å². The van der Waals surface area contributed by atoms with Crippen molar-refractivity contribution in [2.75, 3.05) is 20.7 Å². The maximum Gasteiger partial charge on any atom is 0.142 e. The van der Waals surface area contributed by atoms with Crippen LogP contribution in [-0.4, -0.2) is 43.0 Å². The lowest BCUT2D eigenvalue weighted by molar-refractivity contribution is -0.104. The van der Waals surface area contributed by atoms with Crippen LogP contribution in [-0.2, 0) is 4.79 Å². The van der Waals surface area contributed by atoms with Crippen molar-refractivity contribution in [3.8, 4) is 0 Å². The molecule has 1 unspecified atom stereocenters. The summed E-state index contributed by atoms with van der Waals surface area (Å²) in [6.07, 6.45) is 8.12. The van der Waals surface area contributed by atoms with E-state index in [4.69, 9.17) is 9.90 Å². The lowest BCUT2D eigenvalue weighted by Crippen LogP contribution is -2.31. The molecule has 0 saturated heterocycles. The molecular formula is C13H27NO2. The first-order valence-corrected chi connectivity index (χ1v) is 5.97. The summed E-state index contributed by atoms with van der Waals surface area (Å²) in [6, 6.07) is 0.363. The second kappa shape index (κ2) is 14.3. The Morgan fingerprint density at radius 1 is 1.31 bits per heavy atom. The number of nitrogens with zero attached hydrogens (tertiary/aromatic N) is 1. The number of carbonyl (C=O) groups excluding carboxylic acids is 1.